The number of nitrogens with two attached hydrogens (primary N) is 1. The number of nitrogens with zero attached hydrogens (tertiary/aromatic N) is 1. The Morgan fingerprint density at radius 3 is 2.57 bits per heavy atom. The summed E-state index contributed by atoms with van der Waals surface area (Å²) in [4.78, 5) is 27.7. The fourth-order valence-corrected chi connectivity index (χ4v) is 2.91. The molecule has 1 aromatic carbocycles. The second kappa shape index (κ2) is 6.60. The van der Waals surface area contributed by atoms with Crippen molar-refractivity contribution in [1.29, 1.82) is 0 Å². The van der Waals surface area contributed by atoms with Gasteiger partial charge in [-0.1, -0.05) is 30.3 Å². The monoisotopic (exact) mass is 304 g/mol. The molecule has 3 N–H and O–H groups in total. The van der Waals surface area contributed by atoms with E-state index >= 15 is 0 Å². The summed E-state index contributed by atoms with van der Waals surface area (Å²) in [7, 11) is 0. The van der Waals surface area contributed by atoms with Gasteiger partial charge in [-0.3, -0.25) is 4.79 Å². The van der Waals surface area contributed by atoms with E-state index in [-0.39, 0.29) is 17.9 Å². The first-order chi connectivity index (χ1) is 9.99. The van der Waals surface area contributed by atoms with Crippen LogP contribution < -0.4 is 5.73 Å². The van der Waals surface area contributed by atoms with Gasteiger partial charge in [0.1, 0.15) is 0 Å². The predicted octanol–water partition coefficient (Wildman–Crippen LogP) is 2.35. The van der Waals surface area contributed by atoms with Gasteiger partial charge in [0.25, 0.3) is 0 Å². The molecule has 0 amide bonds. The summed E-state index contributed by atoms with van der Waals surface area (Å²) in [5.41, 5.74) is 6.77. The molecule has 2 aromatic rings. The number of hydrogen-bond acceptors (Lipinski definition) is 5. The lowest BCUT2D eigenvalue weighted by atomic mass is 10.0. The molecule has 0 aliphatic rings. The predicted molar refractivity (Wildman–Crippen MR) is 80.5 cm³/mol. The Bertz CT molecular complexity index is 652. The second-order valence-corrected chi connectivity index (χ2v) is 5.96. The van der Waals surface area contributed by atoms with Gasteiger partial charge in [-0.25, -0.2) is 9.78 Å². The SMILES string of the molecule is Cc1sc(CCC(=O)[C@H](N)c2ccccc2)nc1C(=O)O. The maximum Gasteiger partial charge on any atom is 0.355 e. The van der Waals surface area contributed by atoms with Crippen LogP contribution in [-0.4, -0.2) is 21.8 Å². The molecular weight excluding hydrogens is 288 g/mol. The number of Topliss-reactive ketones (excluding diaryl/α,β-unsaturated/α-hetero) is 1. The van der Waals surface area contributed by atoms with Crippen molar-refractivity contribution >= 4 is 23.1 Å². The van der Waals surface area contributed by atoms with Gasteiger partial charge in [0, 0.05) is 17.7 Å². The minimum Gasteiger partial charge on any atom is -0.476 e. The van der Waals surface area contributed by atoms with E-state index in [0.29, 0.717) is 16.3 Å². The van der Waals surface area contributed by atoms with E-state index in [9.17, 15) is 9.59 Å². The van der Waals surface area contributed by atoms with Crippen LogP contribution in [-0.2, 0) is 11.2 Å². The Balaban J connectivity index is 1.98. The zero-order chi connectivity index (χ0) is 15.4. The number of carboxylic acid groups (broad SMARTS) is 1. The van der Waals surface area contributed by atoms with Gasteiger partial charge >= 0.3 is 5.97 Å². The summed E-state index contributed by atoms with van der Waals surface area (Å²) < 4.78 is 0. The summed E-state index contributed by atoms with van der Waals surface area (Å²) in [6, 6.07) is 8.53. The Morgan fingerprint density at radius 1 is 1.33 bits per heavy atom. The van der Waals surface area contributed by atoms with Crippen molar-refractivity contribution in [3.05, 3.63) is 51.5 Å². The van der Waals surface area contributed by atoms with E-state index in [1.165, 1.54) is 11.3 Å². The largest absolute Gasteiger partial charge is 0.476 e. The third-order valence-electron chi connectivity index (χ3n) is 3.13. The zero-order valence-electron chi connectivity index (χ0n) is 11.6. The molecule has 21 heavy (non-hydrogen) atoms. The van der Waals surface area contributed by atoms with Crippen LogP contribution in [0.15, 0.2) is 30.3 Å². The number of aromatic carboxylic acids is 1. The molecule has 110 valence electrons. The molecule has 1 heterocycles. The van der Waals surface area contributed by atoms with Gasteiger partial charge in [-0.2, -0.15) is 0 Å². The van der Waals surface area contributed by atoms with Crippen LogP contribution in [0, 0.1) is 6.92 Å². The van der Waals surface area contributed by atoms with Crippen LogP contribution in [0.1, 0.15) is 38.4 Å². The topological polar surface area (TPSA) is 93.3 Å². The summed E-state index contributed by atoms with van der Waals surface area (Å²) in [5, 5.41) is 9.60. The standard InChI is InChI=1S/C15H16N2O3S/c1-9-14(15(19)20)17-12(21-9)8-7-11(18)13(16)10-5-3-2-4-6-10/h2-6,13H,7-8,16H2,1H3,(H,19,20)/t13-/m1/s1. The van der Waals surface area contributed by atoms with E-state index in [2.05, 4.69) is 4.98 Å². The maximum absolute atomic E-state index is 12.1. The fraction of sp³-hybridized carbons (Fsp3) is 0.267. The number of rotatable bonds is 6. The van der Waals surface area contributed by atoms with E-state index in [1.54, 1.807) is 6.92 Å². The molecule has 0 aliphatic heterocycles. The highest BCUT2D eigenvalue weighted by atomic mass is 32.1. The summed E-state index contributed by atoms with van der Waals surface area (Å²) in [6.07, 6.45) is 0.667. The van der Waals surface area contributed by atoms with Crippen LogP contribution >= 0.6 is 11.3 Å². The van der Waals surface area contributed by atoms with Crippen LogP contribution in [0.4, 0.5) is 0 Å². The van der Waals surface area contributed by atoms with Crippen molar-refractivity contribution in [2.45, 2.75) is 25.8 Å². The van der Waals surface area contributed by atoms with E-state index in [4.69, 9.17) is 10.8 Å². The number of benzene rings is 1. The molecule has 6 heteroatoms. The quantitative estimate of drug-likeness (QED) is 0.854. The van der Waals surface area contributed by atoms with Gasteiger partial charge in [-0.15, -0.1) is 11.3 Å². The van der Waals surface area contributed by atoms with Crippen LogP contribution in [0.25, 0.3) is 0 Å². The molecular formula is C15H16N2O3S. The molecule has 0 aliphatic carbocycles. The Hall–Kier alpha value is -2.05. The number of hydrogen-bond donors (Lipinski definition) is 2. The lowest BCUT2D eigenvalue weighted by molar-refractivity contribution is -0.120. The Morgan fingerprint density at radius 2 is 2.00 bits per heavy atom. The average molecular weight is 304 g/mol. The number of aromatic nitrogens is 1. The number of aryl methyl sites for hydroxylation is 2. The van der Waals surface area contributed by atoms with Crippen LogP contribution in [0.3, 0.4) is 0 Å². The minimum absolute atomic E-state index is 0.0646. The number of ketones is 1. The molecule has 0 saturated heterocycles. The van der Waals surface area contributed by atoms with E-state index < -0.39 is 12.0 Å². The highest BCUT2D eigenvalue weighted by Crippen LogP contribution is 2.20. The molecule has 0 saturated carbocycles. The Kier molecular flexibility index (Phi) is 4.82. The first-order valence-corrected chi connectivity index (χ1v) is 7.33. The zero-order valence-corrected chi connectivity index (χ0v) is 12.4. The number of carbonyl (C=O) groups is 2. The molecule has 2 rings (SSSR count). The highest BCUT2D eigenvalue weighted by Gasteiger charge is 2.18. The van der Waals surface area contributed by atoms with Gasteiger partial charge in [0.2, 0.25) is 0 Å². The summed E-state index contributed by atoms with van der Waals surface area (Å²) in [6.45, 7) is 1.71. The van der Waals surface area contributed by atoms with Crippen molar-refractivity contribution in [3.8, 4) is 0 Å². The molecule has 5 nitrogen and oxygen atoms in total. The molecule has 0 spiro atoms. The van der Waals surface area contributed by atoms with E-state index in [0.717, 1.165) is 5.56 Å². The lowest BCUT2D eigenvalue weighted by Gasteiger charge is -2.09. The maximum atomic E-state index is 12.1. The first kappa shape index (κ1) is 15.3. The number of carboxylic acids is 1. The van der Waals surface area contributed by atoms with Crippen molar-refractivity contribution in [2.75, 3.05) is 0 Å². The van der Waals surface area contributed by atoms with Crippen molar-refractivity contribution < 1.29 is 14.7 Å². The number of carbonyl (C=O) groups excluding carboxylic acids is 1. The second-order valence-electron chi connectivity index (χ2n) is 4.67. The summed E-state index contributed by atoms with van der Waals surface area (Å²) >= 11 is 1.31. The van der Waals surface area contributed by atoms with E-state index in [1.807, 2.05) is 30.3 Å². The third kappa shape index (κ3) is 3.74. The average Bonchev–Trinajstić information content (AvgIpc) is 2.86. The molecule has 1 aromatic heterocycles. The van der Waals surface area contributed by atoms with Crippen LogP contribution in [0.2, 0.25) is 0 Å². The smallest absolute Gasteiger partial charge is 0.355 e. The molecule has 1 atom stereocenters. The summed E-state index contributed by atoms with van der Waals surface area (Å²) in [5.74, 6) is -1.12. The first-order valence-electron chi connectivity index (χ1n) is 6.52. The third-order valence-corrected chi connectivity index (χ3v) is 4.16. The molecule has 0 fully saturated rings. The van der Waals surface area contributed by atoms with Crippen molar-refractivity contribution in [1.82, 2.24) is 4.98 Å². The van der Waals surface area contributed by atoms with Crippen molar-refractivity contribution in [3.63, 3.8) is 0 Å². The molecule has 0 bridgehead atoms. The number of thiazole rings is 1. The normalized spacial score (nSPS) is 12.1. The minimum atomic E-state index is -1.04. The van der Waals surface area contributed by atoms with Gasteiger partial charge in [-0.05, 0) is 12.5 Å². The van der Waals surface area contributed by atoms with Gasteiger partial charge < -0.3 is 10.8 Å². The van der Waals surface area contributed by atoms with Gasteiger partial charge in [0.05, 0.1) is 11.0 Å². The highest BCUT2D eigenvalue weighted by molar-refractivity contribution is 7.11. The molecule has 0 unspecified atom stereocenters. The van der Waals surface area contributed by atoms with Crippen LogP contribution in [0.5, 0.6) is 0 Å². The van der Waals surface area contributed by atoms with Crippen molar-refractivity contribution in [2.24, 2.45) is 5.73 Å². The molecule has 0 radical (unpaired) electrons. The fourth-order valence-electron chi connectivity index (χ4n) is 1.99. The van der Waals surface area contributed by atoms with Gasteiger partial charge in [0.15, 0.2) is 11.5 Å². The Labute approximate surface area is 126 Å². The lowest BCUT2D eigenvalue weighted by Crippen LogP contribution is -2.21.